The highest BCUT2D eigenvalue weighted by Crippen LogP contribution is 2.54. The first-order valence-electron chi connectivity index (χ1n) is 21.2. The molecule has 3 atom stereocenters. The standard InChI is InChI=1S/C54H51N/c1-54(2)51-33-43(41-19-17-37-11-6-7-12-40(37)31-41)23-27-47(51)48-28-26-46(34-52(48)54)55(45-24-21-39(22-25-45)49-30-35-15-16-44(49)29-35)53-14-8-13-38-18-20-42(32-50(38)53)36-9-4-3-5-10-36/h6-8,11-14,17-28,31-36,44,49H,3-5,9-10,15-16,29-30H2,1-2H3. The minimum Gasteiger partial charge on any atom is -0.310 e. The zero-order valence-corrected chi connectivity index (χ0v) is 32.4. The fourth-order valence-corrected chi connectivity index (χ4v) is 11.5. The minimum atomic E-state index is -0.141. The fourth-order valence-electron chi connectivity index (χ4n) is 11.5. The Morgan fingerprint density at radius 1 is 0.509 bits per heavy atom. The second kappa shape index (κ2) is 13.0. The van der Waals surface area contributed by atoms with Gasteiger partial charge in [0.05, 0.1) is 5.69 Å². The van der Waals surface area contributed by atoms with Gasteiger partial charge in [0.15, 0.2) is 0 Å². The van der Waals surface area contributed by atoms with Gasteiger partial charge in [-0.25, -0.2) is 0 Å². The van der Waals surface area contributed by atoms with Gasteiger partial charge in [-0.15, -0.1) is 0 Å². The van der Waals surface area contributed by atoms with Crippen molar-refractivity contribution < 1.29 is 0 Å². The van der Waals surface area contributed by atoms with E-state index in [1.165, 1.54) is 135 Å². The van der Waals surface area contributed by atoms with Gasteiger partial charge in [-0.05, 0) is 165 Å². The first-order valence-corrected chi connectivity index (χ1v) is 21.2. The molecule has 0 radical (unpaired) electrons. The molecule has 11 rings (SSSR count). The predicted octanol–water partition coefficient (Wildman–Crippen LogP) is 15.4. The fraction of sp³-hybridized carbons (Fsp3) is 0.296. The smallest absolute Gasteiger partial charge is 0.0540 e. The molecule has 55 heavy (non-hydrogen) atoms. The summed E-state index contributed by atoms with van der Waals surface area (Å²) in [7, 11) is 0. The molecule has 7 aromatic carbocycles. The number of benzene rings is 7. The molecule has 3 fully saturated rings. The highest BCUT2D eigenvalue weighted by atomic mass is 15.1. The SMILES string of the molecule is CC1(C)c2cc(-c3ccc4ccccc4c3)ccc2-c2ccc(N(c3ccc(C4CC5CCC4C5)cc3)c3cccc4ccc(C5CCCCC5)cc34)cc21. The van der Waals surface area contributed by atoms with E-state index >= 15 is 0 Å². The van der Waals surface area contributed by atoms with Crippen molar-refractivity contribution in [3.05, 3.63) is 162 Å². The molecule has 0 saturated heterocycles. The molecular formula is C54H51N. The minimum absolute atomic E-state index is 0.141. The highest BCUT2D eigenvalue weighted by molar-refractivity contribution is 6.00. The average Bonchev–Trinajstić information content (AvgIpc) is 3.94. The van der Waals surface area contributed by atoms with Crippen LogP contribution in [-0.2, 0) is 5.41 Å². The molecular weight excluding hydrogens is 663 g/mol. The first-order chi connectivity index (χ1) is 27.0. The van der Waals surface area contributed by atoms with Crippen molar-refractivity contribution in [2.75, 3.05) is 4.90 Å². The van der Waals surface area contributed by atoms with Gasteiger partial charge in [-0.3, -0.25) is 0 Å². The second-order valence-corrected chi connectivity index (χ2v) is 18.0. The number of anilines is 3. The van der Waals surface area contributed by atoms with E-state index in [9.17, 15) is 0 Å². The lowest BCUT2D eigenvalue weighted by Gasteiger charge is -2.30. The third-order valence-electron chi connectivity index (χ3n) is 14.5. The van der Waals surface area contributed by atoms with Gasteiger partial charge in [0.1, 0.15) is 0 Å². The Labute approximate surface area is 327 Å². The summed E-state index contributed by atoms with van der Waals surface area (Å²) in [6.45, 7) is 4.85. The van der Waals surface area contributed by atoms with Crippen molar-refractivity contribution >= 4 is 38.6 Å². The Hall–Kier alpha value is -5.14. The van der Waals surface area contributed by atoms with Crippen LogP contribution in [0.4, 0.5) is 17.1 Å². The lowest BCUT2D eigenvalue weighted by atomic mass is 9.81. The summed E-state index contributed by atoms with van der Waals surface area (Å²) in [5.74, 6) is 3.23. The van der Waals surface area contributed by atoms with Crippen molar-refractivity contribution in [1.29, 1.82) is 0 Å². The molecule has 272 valence electrons. The van der Waals surface area contributed by atoms with Gasteiger partial charge in [0.25, 0.3) is 0 Å². The van der Waals surface area contributed by atoms with E-state index in [1.807, 2.05) is 0 Å². The summed E-state index contributed by atoms with van der Waals surface area (Å²) in [6.07, 6.45) is 12.4. The van der Waals surface area contributed by atoms with Gasteiger partial charge in [-0.1, -0.05) is 131 Å². The molecule has 1 heteroatoms. The maximum absolute atomic E-state index is 2.57. The maximum Gasteiger partial charge on any atom is 0.0540 e. The largest absolute Gasteiger partial charge is 0.310 e. The number of fused-ring (bicyclic) bond motifs is 7. The monoisotopic (exact) mass is 713 g/mol. The van der Waals surface area contributed by atoms with Crippen LogP contribution < -0.4 is 4.90 Å². The van der Waals surface area contributed by atoms with Crippen LogP contribution in [0.3, 0.4) is 0 Å². The predicted molar refractivity (Wildman–Crippen MR) is 233 cm³/mol. The molecule has 1 nitrogen and oxygen atoms in total. The topological polar surface area (TPSA) is 3.24 Å². The lowest BCUT2D eigenvalue weighted by molar-refractivity contribution is 0.420. The summed E-state index contributed by atoms with van der Waals surface area (Å²) in [5, 5.41) is 5.24. The number of hydrogen-bond acceptors (Lipinski definition) is 1. The van der Waals surface area contributed by atoms with Gasteiger partial charge in [0, 0.05) is 22.2 Å². The normalized spacial score (nSPS) is 21.2. The van der Waals surface area contributed by atoms with Crippen molar-refractivity contribution in [1.82, 2.24) is 0 Å². The Balaban J connectivity index is 1.02. The Bertz CT molecular complexity index is 2580. The third-order valence-corrected chi connectivity index (χ3v) is 14.5. The summed E-state index contributed by atoms with van der Waals surface area (Å²) in [5.41, 5.74) is 14.8. The zero-order chi connectivity index (χ0) is 36.7. The summed E-state index contributed by atoms with van der Waals surface area (Å²) in [6, 6.07) is 54.1. The molecule has 0 N–H and O–H groups in total. The van der Waals surface area contributed by atoms with Crippen LogP contribution in [0.5, 0.6) is 0 Å². The average molecular weight is 714 g/mol. The molecule has 0 amide bonds. The van der Waals surface area contributed by atoms with Crippen LogP contribution in [0.1, 0.15) is 106 Å². The van der Waals surface area contributed by atoms with Crippen LogP contribution in [0.2, 0.25) is 0 Å². The number of hydrogen-bond donors (Lipinski definition) is 0. The zero-order valence-electron chi connectivity index (χ0n) is 32.4. The molecule has 2 bridgehead atoms. The van der Waals surface area contributed by atoms with Gasteiger partial charge >= 0.3 is 0 Å². The van der Waals surface area contributed by atoms with E-state index < -0.39 is 0 Å². The van der Waals surface area contributed by atoms with E-state index in [-0.39, 0.29) is 5.41 Å². The second-order valence-electron chi connectivity index (χ2n) is 18.0. The maximum atomic E-state index is 2.57. The van der Waals surface area contributed by atoms with Crippen LogP contribution >= 0.6 is 0 Å². The van der Waals surface area contributed by atoms with Crippen molar-refractivity contribution in [3.63, 3.8) is 0 Å². The summed E-state index contributed by atoms with van der Waals surface area (Å²) in [4.78, 5) is 2.57. The molecule has 7 aromatic rings. The Morgan fingerprint density at radius 3 is 2.00 bits per heavy atom. The van der Waals surface area contributed by atoms with E-state index in [2.05, 4.69) is 158 Å². The molecule has 0 aliphatic heterocycles. The van der Waals surface area contributed by atoms with E-state index in [1.54, 1.807) is 5.56 Å². The lowest BCUT2D eigenvalue weighted by Crippen LogP contribution is -2.17. The van der Waals surface area contributed by atoms with E-state index in [0.717, 1.165) is 17.8 Å². The van der Waals surface area contributed by atoms with Crippen molar-refractivity contribution in [2.45, 2.75) is 88.9 Å². The number of rotatable bonds is 6. The van der Waals surface area contributed by atoms with Crippen LogP contribution in [0.25, 0.3) is 43.8 Å². The van der Waals surface area contributed by atoms with Gasteiger partial charge < -0.3 is 4.90 Å². The van der Waals surface area contributed by atoms with Gasteiger partial charge in [-0.2, -0.15) is 0 Å². The molecule has 3 unspecified atom stereocenters. The molecule has 4 aliphatic carbocycles. The highest BCUT2D eigenvalue weighted by Gasteiger charge is 2.40. The molecule has 3 saturated carbocycles. The van der Waals surface area contributed by atoms with Crippen molar-refractivity contribution in [2.24, 2.45) is 11.8 Å². The molecule has 0 aromatic heterocycles. The van der Waals surface area contributed by atoms with E-state index in [4.69, 9.17) is 0 Å². The quantitative estimate of drug-likeness (QED) is 0.166. The Morgan fingerprint density at radius 2 is 1.20 bits per heavy atom. The van der Waals surface area contributed by atoms with E-state index in [0.29, 0.717) is 5.92 Å². The van der Waals surface area contributed by atoms with Crippen LogP contribution in [0, 0.1) is 11.8 Å². The molecule has 0 heterocycles. The van der Waals surface area contributed by atoms with Crippen molar-refractivity contribution in [3.8, 4) is 22.3 Å². The third kappa shape index (κ3) is 5.56. The van der Waals surface area contributed by atoms with Gasteiger partial charge in [0.2, 0.25) is 0 Å². The first kappa shape index (κ1) is 33.2. The summed E-state index contributed by atoms with van der Waals surface area (Å²) < 4.78 is 0. The number of nitrogens with zero attached hydrogens (tertiary/aromatic N) is 1. The van der Waals surface area contributed by atoms with Crippen LogP contribution in [-0.4, -0.2) is 0 Å². The molecule has 4 aliphatic rings. The van der Waals surface area contributed by atoms with Crippen LogP contribution in [0.15, 0.2) is 140 Å². The summed E-state index contributed by atoms with van der Waals surface area (Å²) >= 11 is 0. The Kier molecular flexibility index (Phi) is 7.84. The molecule has 0 spiro atoms.